The van der Waals surface area contributed by atoms with Crippen LogP contribution in [0.25, 0.3) is 10.8 Å². The molecule has 2 aliphatic rings. The van der Waals surface area contributed by atoms with Gasteiger partial charge in [-0.1, -0.05) is 79.1 Å². The van der Waals surface area contributed by atoms with E-state index in [1.807, 2.05) is 50.3 Å². The Morgan fingerprint density at radius 3 is 2.42 bits per heavy atom. The Kier molecular flexibility index (Phi) is 10.3. The van der Waals surface area contributed by atoms with Crippen LogP contribution in [0.3, 0.4) is 0 Å². The summed E-state index contributed by atoms with van der Waals surface area (Å²) in [4.78, 5) is 18.1. The van der Waals surface area contributed by atoms with E-state index >= 15 is 0 Å². The fraction of sp³-hybridized carbons (Fsp3) is 0.280. The molecule has 1 saturated heterocycles. The maximum Gasteiger partial charge on any atom is 1.00 e. The number of benzene rings is 2. The Labute approximate surface area is 248 Å². The van der Waals surface area contributed by atoms with E-state index in [2.05, 4.69) is 23.1 Å². The van der Waals surface area contributed by atoms with Gasteiger partial charge in [0.1, 0.15) is 4.32 Å². The van der Waals surface area contributed by atoms with Crippen molar-refractivity contribution >= 4 is 72.5 Å². The first-order valence-electron chi connectivity index (χ1n) is 11.3. The first-order chi connectivity index (χ1) is 16.7. The Morgan fingerprint density at radius 2 is 1.81 bits per heavy atom. The maximum atomic E-state index is 12.7. The van der Waals surface area contributed by atoms with Gasteiger partial charge in [-0.2, -0.15) is 0 Å². The average molecular weight is 569 g/mol. The summed E-state index contributed by atoms with van der Waals surface area (Å²) in [5.41, 5.74) is 1.92. The van der Waals surface area contributed by atoms with Crippen molar-refractivity contribution in [1.29, 1.82) is 0 Å². The molecule has 2 aromatic rings. The summed E-state index contributed by atoms with van der Waals surface area (Å²) in [5.74, 6) is -0.453. The quantitative estimate of drug-likeness (QED) is 0.208. The van der Waals surface area contributed by atoms with Gasteiger partial charge < -0.3 is 9.45 Å². The summed E-state index contributed by atoms with van der Waals surface area (Å²) in [6.07, 6.45) is 6.76. The number of anilines is 1. The predicted molar refractivity (Wildman–Crippen MR) is 148 cm³/mol. The molecule has 0 aliphatic carbocycles. The van der Waals surface area contributed by atoms with Gasteiger partial charge in [-0.25, -0.2) is 8.42 Å². The number of carbonyl (C=O) groups excluding carboxylic acids is 1. The van der Waals surface area contributed by atoms with Crippen LogP contribution in [-0.4, -0.2) is 46.9 Å². The molecular weight excluding hydrogens is 544 g/mol. The third-order valence-corrected chi connectivity index (χ3v) is 9.16. The first kappa shape index (κ1) is 29.4. The number of hydrogen-bond donors (Lipinski definition) is 0. The van der Waals surface area contributed by atoms with Crippen molar-refractivity contribution in [1.82, 2.24) is 4.90 Å². The van der Waals surface area contributed by atoms with Crippen LogP contribution in [0, 0.1) is 0 Å². The standard InChI is InChI=1S/C25H26N2O4S4.Na/c1-3-17(23-24(28)26(4-2)25(32)34-23)11-7-12-22-27(13-8-14-35(29,30)31)20-15-18-9-5-6-10-19(18)16-21(20)33-22;/h5-7,9-12,15-16H,3-4,8,13-14H2,1-2H3,(H,29,30,31);/q;+1/p-1. The van der Waals surface area contributed by atoms with Crippen molar-refractivity contribution in [2.75, 3.05) is 23.7 Å². The Hall–Kier alpha value is -1.11. The normalized spacial score (nSPS) is 18.5. The van der Waals surface area contributed by atoms with Crippen LogP contribution >= 0.6 is 35.7 Å². The van der Waals surface area contributed by atoms with E-state index in [4.69, 9.17) is 12.2 Å². The molecule has 2 aromatic carbocycles. The number of fused-ring (bicyclic) bond motifs is 2. The van der Waals surface area contributed by atoms with Gasteiger partial charge in [0.25, 0.3) is 5.91 Å². The average Bonchev–Trinajstić information content (AvgIpc) is 3.29. The summed E-state index contributed by atoms with van der Waals surface area (Å²) in [7, 11) is -4.27. The number of amides is 1. The second-order valence-electron chi connectivity index (χ2n) is 8.03. The Morgan fingerprint density at radius 1 is 1.11 bits per heavy atom. The van der Waals surface area contributed by atoms with Gasteiger partial charge in [-0.05, 0) is 54.3 Å². The van der Waals surface area contributed by atoms with Crippen LogP contribution in [0.5, 0.6) is 0 Å². The van der Waals surface area contributed by atoms with Crippen molar-refractivity contribution < 1.29 is 47.3 Å². The third-order valence-electron chi connectivity index (χ3n) is 5.75. The molecule has 0 N–H and O–H groups in total. The number of carbonyl (C=O) groups is 1. The van der Waals surface area contributed by atoms with Gasteiger partial charge >= 0.3 is 29.6 Å². The topological polar surface area (TPSA) is 80.8 Å². The maximum absolute atomic E-state index is 12.7. The van der Waals surface area contributed by atoms with Gasteiger partial charge in [0.15, 0.2) is 0 Å². The minimum Gasteiger partial charge on any atom is -0.748 e. The summed E-state index contributed by atoms with van der Waals surface area (Å²) in [5, 5.41) is 3.16. The van der Waals surface area contributed by atoms with Crippen molar-refractivity contribution in [3.63, 3.8) is 0 Å². The van der Waals surface area contributed by atoms with E-state index in [9.17, 15) is 17.8 Å². The van der Waals surface area contributed by atoms with E-state index in [-0.39, 0.29) is 41.9 Å². The molecule has 36 heavy (non-hydrogen) atoms. The molecule has 6 nitrogen and oxygen atoms in total. The van der Waals surface area contributed by atoms with Crippen LogP contribution in [0.2, 0.25) is 0 Å². The monoisotopic (exact) mass is 568 g/mol. The summed E-state index contributed by atoms with van der Waals surface area (Å²) in [6.45, 7) is 4.88. The predicted octanol–water partition coefficient (Wildman–Crippen LogP) is 2.63. The molecule has 4 rings (SSSR count). The third kappa shape index (κ3) is 6.66. The fourth-order valence-electron chi connectivity index (χ4n) is 4.01. The number of allylic oxidation sites excluding steroid dienone is 4. The van der Waals surface area contributed by atoms with E-state index in [1.54, 1.807) is 16.7 Å². The molecule has 0 atom stereocenters. The largest absolute Gasteiger partial charge is 1.00 e. The fourth-order valence-corrected chi connectivity index (χ4v) is 7.12. The van der Waals surface area contributed by atoms with Gasteiger partial charge in [0.2, 0.25) is 0 Å². The molecule has 0 radical (unpaired) electrons. The minimum absolute atomic E-state index is 0. The minimum atomic E-state index is -4.27. The number of nitrogens with zero attached hydrogens (tertiary/aromatic N) is 2. The molecule has 184 valence electrons. The molecule has 1 amide bonds. The van der Waals surface area contributed by atoms with Crippen molar-refractivity contribution in [3.8, 4) is 0 Å². The van der Waals surface area contributed by atoms with E-state index in [0.29, 0.717) is 28.7 Å². The second kappa shape index (κ2) is 12.6. The molecular formula is C25H25N2NaO4S4. The summed E-state index contributed by atoms with van der Waals surface area (Å²) >= 11 is 8.29. The zero-order chi connectivity index (χ0) is 25.2. The molecule has 1 fully saturated rings. The summed E-state index contributed by atoms with van der Waals surface area (Å²) < 4.78 is 34.0. The van der Waals surface area contributed by atoms with Gasteiger partial charge in [0.05, 0.1) is 25.7 Å². The smallest absolute Gasteiger partial charge is 0.748 e. The number of thiocarbonyl (C=S) groups is 1. The Bertz CT molecular complexity index is 1390. The Balaban J connectivity index is 0.00000361. The van der Waals surface area contributed by atoms with E-state index < -0.39 is 15.9 Å². The van der Waals surface area contributed by atoms with Gasteiger partial charge in [-0.3, -0.25) is 9.69 Å². The van der Waals surface area contributed by atoms with Crippen LogP contribution in [-0.2, 0) is 14.9 Å². The number of rotatable bonds is 8. The summed E-state index contributed by atoms with van der Waals surface area (Å²) in [6, 6.07) is 12.3. The van der Waals surface area contributed by atoms with Crippen molar-refractivity contribution in [3.05, 3.63) is 70.1 Å². The van der Waals surface area contributed by atoms with E-state index in [1.165, 1.54) is 11.8 Å². The molecule has 0 bridgehead atoms. The van der Waals surface area contributed by atoms with Crippen molar-refractivity contribution in [2.24, 2.45) is 0 Å². The zero-order valence-electron chi connectivity index (χ0n) is 20.4. The van der Waals surface area contributed by atoms with Gasteiger partial charge in [0, 0.05) is 23.7 Å². The molecule has 0 saturated carbocycles. The van der Waals surface area contributed by atoms with Crippen LogP contribution in [0.4, 0.5) is 5.69 Å². The molecule has 2 aliphatic heterocycles. The molecule has 0 aromatic heterocycles. The molecule has 2 heterocycles. The SMILES string of the molecule is CCC(C=CC=C1Sc2cc3ccccc3cc2N1CCCS(=O)(=O)[O-])=C1SC(=S)N(CC)C1=O.[Na+]. The number of hydrogen-bond acceptors (Lipinski definition) is 8. The second-order valence-corrected chi connectivity index (χ2v) is 12.3. The molecule has 0 spiro atoms. The van der Waals surface area contributed by atoms with Crippen LogP contribution in [0.1, 0.15) is 26.7 Å². The van der Waals surface area contributed by atoms with Gasteiger partial charge in [-0.15, -0.1) is 0 Å². The van der Waals surface area contributed by atoms with E-state index in [0.717, 1.165) is 32.0 Å². The van der Waals surface area contributed by atoms with Crippen molar-refractivity contribution in [2.45, 2.75) is 31.6 Å². The van der Waals surface area contributed by atoms with Crippen LogP contribution < -0.4 is 34.5 Å². The first-order valence-corrected chi connectivity index (χ1v) is 14.9. The number of thioether (sulfide) groups is 2. The zero-order valence-corrected chi connectivity index (χ0v) is 25.7. The molecule has 11 heteroatoms. The molecule has 0 unspecified atom stereocenters. The van der Waals surface area contributed by atoms with Crippen LogP contribution in [0.15, 0.2) is 75.0 Å². The number of likely N-dealkylation sites (N-methyl/N-ethyl adjacent to an activating group) is 1.